The van der Waals surface area contributed by atoms with Gasteiger partial charge in [-0.3, -0.25) is 10.3 Å². The zero-order chi connectivity index (χ0) is 23.5. The van der Waals surface area contributed by atoms with Crippen molar-refractivity contribution in [1.82, 2.24) is 19.1 Å². The zero-order valence-corrected chi connectivity index (χ0v) is 19.4. The molecule has 3 aromatic rings. The Balaban J connectivity index is 1.48. The van der Waals surface area contributed by atoms with Crippen molar-refractivity contribution in [2.24, 2.45) is 12.0 Å². The van der Waals surface area contributed by atoms with Crippen molar-refractivity contribution in [2.45, 2.75) is 19.3 Å². The summed E-state index contributed by atoms with van der Waals surface area (Å²) < 4.78 is 15.6. The summed E-state index contributed by atoms with van der Waals surface area (Å²) in [4.78, 5) is 7.27. The largest absolute Gasteiger partial charge is 0.490 e. The van der Waals surface area contributed by atoms with Gasteiger partial charge in [-0.1, -0.05) is 12.5 Å². The summed E-state index contributed by atoms with van der Waals surface area (Å²) in [6.45, 7) is 3.71. The quantitative estimate of drug-likeness (QED) is 0.536. The van der Waals surface area contributed by atoms with E-state index in [4.69, 9.17) is 19.9 Å². The van der Waals surface area contributed by atoms with Gasteiger partial charge in [0.25, 0.3) is 5.88 Å². The number of hydrogen-bond donors (Lipinski definition) is 2. The van der Waals surface area contributed by atoms with Crippen LogP contribution in [0.1, 0.15) is 30.5 Å². The van der Waals surface area contributed by atoms with Crippen LogP contribution in [0.25, 0.3) is 11.3 Å². The summed E-state index contributed by atoms with van der Waals surface area (Å²) >= 11 is 0. The molecule has 2 N–H and O–H groups in total. The lowest BCUT2D eigenvalue weighted by molar-refractivity contribution is 0.169. The lowest BCUT2D eigenvalue weighted by atomic mass is 9.98. The molecule has 0 radical (unpaired) electrons. The number of aromatic nitrogens is 3. The molecule has 0 aromatic carbocycles. The number of ether oxygens (including phenoxy) is 2. The minimum Gasteiger partial charge on any atom is -0.490 e. The van der Waals surface area contributed by atoms with Gasteiger partial charge in [-0.2, -0.15) is 0 Å². The van der Waals surface area contributed by atoms with Gasteiger partial charge in [0.05, 0.1) is 29.2 Å². The van der Waals surface area contributed by atoms with Crippen LogP contribution in [0.5, 0.6) is 5.88 Å². The smallest absolute Gasteiger partial charge is 0.260 e. The molecule has 4 heterocycles. The Bertz CT molecular complexity index is 1250. The zero-order valence-electron chi connectivity index (χ0n) is 19.4. The van der Waals surface area contributed by atoms with Crippen molar-refractivity contribution >= 4 is 28.4 Å². The molecule has 0 unspecified atom stereocenters. The molecule has 1 aliphatic heterocycles. The SMILES string of the molecule is Cn1ccc2c1C(OCCN1CCCCC1)=CC(=Nc1c(OCCO)nn3ccccc13)C2=N. The molecule has 3 aromatic heterocycles. The van der Waals surface area contributed by atoms with Gasteiger partial charge in [0.1, 0.15) is 19.0 Å². The molecule has 1 saturated heterocycles. The first kappa shape index (κ1) is 22.4. The molecule has 0 saturated carbocycles. The predicted octanol–water partition coefficient (Wildman–Crippen LogP) is 3.04. The van der Waals surface area contributed by atoms with E-state index in [0.717, 1.165) is 36.4 Å². The number of aliphatic hydroxyl groups excluding tert-OH is 1. The van der Waals surface area contributed by atoms with E-state index in [1.165, 1.54) is 19.3 Å². The third-order valence-corrected chi connectivity index (χ3v) is 6.26. The number of aliphatic hydroxyl groups is 1. The Morgan fingerprint density at radius 1 is 1.09 bits per heavy atom. The normalized spacial score (nSPS) is 17.8. The number of hydrogen-bond acceptors (Lipinski definition) is 7. The first-order valence-electron chi connectivity index (χ1n) is 11.8. The van der Waals surface area contributed by atoms with E-state index >= 15 is 0 Å². The lowest BCUT2D eigenvalue weighted by Crippen LogP contribution is -2.32. The minimum absolute atomic E-state index is 0.114. The van der Waals surface area contributed by atoms with Gasteiger partial charge in [-0.25, -0.2) is 9.51 Å². The second-order valence-electron chi connectivity index (χ2n) is 8.58. The highest BCUT2D eigenvalue weighted by molar-refractivity contribution is 6.54. The van der Waals surface area contributed by atoms with Crippen LogP contribution >= 0.6 is 0 Å². The number of likely N-dealkylation sites (tertiary alicyclic amines) is 1. The fraction of sp³-hybridized carbons (Fsp3) is 0.400. The Labute approximate surface area is 198 Å². The molecule has 34 heavy (non-hydrogen) atoms. The molecule has 9 heteroatoms. The number of rotatable bonds is 8. The monoisotopic (exact) mass is 462 g/mol. The summed E-state index contributed by atoms with van der Waals surface area (Å²) in [7, 11) is 1.96. The number of piperidine rings is 1. The van der Waals surface area contributed by atoms with Crippen LogP contribution < -0.4 is 4.74 Å². The molecular formula is C25H30N6O3. The van der Waals surface area contributed by atoms with E-state index in [0.29, 0.717) is 35.4 Å². The van der Waals surface area contributed by atoms with Crippen LogP contribution in [0.2, 0.25) is 0 Å². The first-order chi connectivity index (χ1) is 16.7. The summed E-state index contributed by atoms with van der Waals surface area (Å²) in [5.41, 5.74) is 3.76. The van der Waals surface area contributed by atoms with Crippen molar-refractivity contribution in [3.05, 3.63) is 54.0 Å². The Hall–Kier alpha value is -3.43. The highest BCUT2D eigenvalue weighted by atomic mass is 16.5. The number of fused-ring (bicyclic) bond motifs is 2. The Morgan fingerprint density at radius 3 is 2.76 bits per heavy atom. The van der Waals surface area contributed by atoms with Crippen LogP contribution in [-0.4, -0.2) is 75.1 Å². The average Bonchev–Trinajstić information content (AvgIpc) is 3.42. The van der Waals surface area contributed by atoms with Crippen LogP contribution in [0.3, 0.4) is 0 Å². The molecule has 2 aliphatic rings. The fourth-order valence-electron chi connectivity index (χ4n) is 4.54. The highest BCUT2D eigenvalue weighted by Crippen LogP contribution is 2.34. The summed E-state index contributed by atoms with van der Waals surface area (Å²) in [6.07, 6.45) is 9.40. The average molecular weight is 463 g/mol. The van der Waals surface area contributed by atoms with Gasteiger partial charge in [-0.05, 0) is 44.1 Å². The van der Waals surface area contributed by atoms with Crippen molar-refractivity contribution < 1.29 is 14.6 Å². The third kappa shape index (κ3) is 4.36. The van der Waals surface area contributed by atoms with Crippen LogP contribution in [0, 0.1) is 5.41 Å². The number of aliphatic imine (C=N–C) groups is 1. The van der Waals surface area contributed by atoms with Crippen LogP contribution in [0.15, 0.2) is 47.7 Å². The van der Waals surface area contributed by atoms with Gasteiger partial charge < -0.3 is 19.1 Å². The number of aryl methyl sites for hydroxylation is 1. The number of pyridine rings is 1. The third-order valence-electron chi connectivity index (χ3n) is 6.26. The number of allylic oxidation sites excluding steroid dienone is 1. The Kier molecular flexibility index (Phi) is 6.46. The Morgan fingerprint density at radius 2 is 1.94 bits per heavy atom. The molecule has 9 nitrogen and oxygen atoms in total. The minimum atomic E-state index is -0.123. The topological polar surface area (TPSA) is 100 Å². The second kappa shape index (κ2) is 9.82. The predicted molar refractivity (Wildman–Crippen MR) is 131 cm³/mol. The van der Waals surface area contributed by atoms with Crippen molar-refractivity contribution in [3.63, 3.8) is 0 Å². The second-order valence-corrected chi connectivity index (χ2v) is 8.58. The molecule has 5 rings (SSSR count). The number of nitrogens with one attached hydrogen (secondary N) is 1. The maximum absolute atomic E-state index is 9.22. The molecular weight excluding hydrogens is 432 g/mol. The highest BCUT2D eigenvalue weighted by Gasteiger charge is 2.27. The first-order valence-corrected chi connectivity index (χ1v) is 11.8. The molecule has 1 fully saturated rings. The van der Waals surface area contributed by atoms with Crippen LogP contribution in [0.4, 0.5) is 5.69 Å². The van der Waals surface area contributed by atoms with Crippen molar-refractivity contribution in [3.8, 4) is 5.88 Å². The van der Waals surface area contributed by atoms with Crippen molar-refractivity contribution in [2.75, 3.05) is 39.5 Å². The summed E-state index contributed by atoms with van der Waals surface area (Å²) in [5, 5.41) is 22.5. The summed E-state index contributed by atoms with van der Waals surface area (Å²) in [6, 6.07) is 7.61. The lowest BCUT2D eigenvalue weighted by Gasteiger charge is -2.27. The van der Waals surface area contributed by atoms with E-state index in [9.17, 15) is 5.11 Å². The van der Waals surface area contributed by atoms with Gasteiger partial charge in [0.15, 0.2) is 5.69 Å². The molecule has 1 aliphatic carbocycles. The van der Waals surface area contributed by atoms with E-state index in [-0.39, 0.29) is 13.2 Å². The standard InChI is InChI=1S/C25H30N6O3/c1-29-12-8-18-22(26)19(17-21(24(18)29)33-15-13-30-9-4-2-5-10-30)27-23-20-7-3-6-11-31(20)28-25(23)34-16-14-32/h3,6-8,11-12,17,26,32H,2,4-5,9-10,13-16H2,1H3. The molecule has 178 valence electrons. The molecule has 0 spiro atoms. The van der Waals surface area contributed by atoms with Gasteiger partial charge in [0, 0.05) is 37.6 Å². The summed E-state index contributed by atoms with van der Waals surface area (Å²) in [5.74, 6) is 1.03. The van der Waals surface area contributed by atoms with Gasteiger partial charge >= 0.3 is 0 Å². The van der Waals surface area contributed by atoms with E-state index in [1.807, 2.05) is 54.3 Å². The van der Waals surface area contributed by atoms with E-state index < -0.39 is 0 Å². The maximum atomic E-state index is 9.22. The van der Waals surface area contributed by atoms with E-state index in [1.54, 1.807) is 4.52 Å². The van der Waals surface area contributed by atoms with E-state index in [2.05, 4.69) is 10.00 Å². The number of nitrogens with zero attached hydrogens (tertiary/aromatic N) is 5. The molecule has 0 bridgehead atoms. The van der Waals surface area contributed by atoms with Crippen LogP contribution in [-0.2, 0) is 11.8 Å². The molecule has 0 amide bonds. The fourth-order valence-corrected chi connectivity index (χ4v) is 4.54. The van der Waals surface area contributed by atoms with Gasteiger partial charge in [-0.15, -0.1) is 5.10 Å². The maximum Gasteiger partial charge on any atom is 0.260 e. The van der Waals surface area contributed by atoms with Gasteiger partial charge in [0.2, 0.25) is 0 Å². The van der Waals surface area contributed by atoms with Crippen molar-refractivity contribution in [1.29, 1.82) is 5.41 Å². The molecule has 0 atom stereocenters.